The number of carbonyl (C=O) groups is 1. The summed E-state index contributed by atoms with van der Waals surface area (Å²) in [5.41, 5.74) is 5.38. The van der Waals surface area contributed by atoms with Gasteiger partial charge in [0.15, 0.2) is 0 Å². The summed E-state index contributed by atoms with van der Waals surface area (Å²) >= 11 is 0. The van der Waals surface area contributed by atoms with Crippen molar-refractivity contribution >= 4 is 5.91 Å². The molecule has 0 saturated carbocycles. The predicted octanol–water partition coefficient (Wildman–Crippen LogP) is 4.70. The first-order valence-corrected chi connectivity index (χ1v) is 10.5. The molecule has 2 heterocycles. The molecule has 2 aromatic carbocycles. The topological polar surface area (TPSA) is 37.3 Å². The fraction of sp³-hybridized carbons (Fsp3) is 0.320. The van der Waals surface area contributed by atoms with Crippen molar-refractivity contribution in [3.63, 3.8) is 0 Å². The van der Waals surface area contributed by atoms with Gasteiger partial charge in [-0.05, 0) is 73.8 Å². The second-order valence-electron chi connectivity index (χ2n) is 7.88. The molecular weight excluding hydrogens is 358 g/mol. The highest BCUT2D eigenvalue weighted by Gasteiger charge is 2.14. The van der Waals surface area contributed by atoms with Gasteiger partial charge in [0, 0.05) is 36.7 Å². The van der Waals surface area contributed by atoms with Crippen LogP contribution in [0.25, 0.3) is 5.69 Å². The van der Waals surface area contributed by atoms with E-state index >= 15 is 0 Å². The molecule has 0 unspecified atom stereocenters. The smallest absolute Gasteiger partial charge is 0.251 e. The number of aromatic nitrogens is 1. The molecule has 0 radical (unpaired) electrons. The van der Waals surface area contributed by atoms with Crippen LogP contribution in [-0.2, 0) is 13.1 Å². The van der Waals surface area contributed by atoms with Crippen LogP contribution in [0.5, 0.6) is 0 Å². The molecule has 0 aliphatic carbocycles. The van der Waals surface area contributed by atoms with Crippen molar-refractivity contribution in [2.75, 3.05) is 13.1 Å². The molecule has 1 N–H and O–H groups in total. The van der Waals surface area contributed by atoms with Gasteiger partial charge in [0.1, 0.15) is 0 Å². The zero-order valence-electron chi connectivity index (χ0n) is 17.1. The third kappa shape index (κ3) is 4.77. The zero-order valence-corrected chi connectivity index (χ0v) is 17.1. The first-order valence-electron chi connectivity index (χ1n) is 10.5. The maximum absolute atomic E-state index is 12.8. The molecule has 1 aromatic heterocycles. The molecular formula is C25H29N3O. The van der Waals surface area contributed by atoms with Crippen LogP contribution in [0.3, 0.4) is 0 Å². The standard InChI is InChI=1S/C25H29N3O/c1-20-11-12-21(17-24(20)28-15-7-8-16-28)25(29)26-18-22-9-3-4-10-23(22)19-27-13-5-2-6-14-27/h3-4,7-12,15-17H,2,5-6,13-14,18-19H2,1H3,(H,26,29). The Labute approximate surface area is 173 Å². The highest BCUT2D eigenvalue weighted by Crippen LogP contribution is 2.18. The number of carbonyl (C=O) groups excluding carboxylic acids is 1. The van der Waals surface area contributed by atoms with Crippen LogP contribution in [0.1, 0.15) is 46.3 Å². The SMILES string of the molecule is Cc1ccc(C(=O)NCc2ccccc2CN2CCCCC2)cc1-n1cccc1. The molecule has 4 rings (SSSR count). The third-order valence-electron chi connectivity index (χ3n) is 5.75. The van der Waals surface area contributed by atoms with Crippen molar-refractivity contribution in [2.24, 2.45) is 0 Å². The number of likely N-dealkylation sites (tertiary alicyclic amines) is 1. The van der Waals surface area contributed by atoms with E-state index in [0.29, 0.717) is 12.1 Å². The number of rotatable bonds is 6. The number of nitrogens with one attached hydrogen (secondary N) is 1. The lowest BCUT2D eigenvalue weighted by Gasteiger charge is -2.27. The highest BCUT2D eigenvalue weighted by molar-refractivity contribution is 5.94. The Kier molecular flexibility index (Phi) is 6.11. The Morgan fingerprint density at radius 1 is 0.931 bits per heavy atom. The van der Waals surface area contributed by atoms with Crippen molar-refractivity contribution < 1.29 is 4.79 Å². The average molecular weight is 388 g/mol. The van der Waals surface area contributed by atoms with Crippen LogP contribution >= 0.6 is 0 Å². The molecule has 1 saturated heterocycles. The second kappa shape index (κ2) is 9.10. The average Bonchev–Trinajstić information content (AvgIpc) is 3.29. The normalized spacial score (nSPS) is 14.7. The van der Waals surface area contributed by atoms with E-state index in [9.17, 15) is 4.79 Å². The van der Waals surface area contributed by atoms with E-state index in [1.807, 2.05) is 47.3 Å². The van der Waals surface area contributed by atoms with Gasteiger partial charge in [-0.1, -0.05) is 36.8 Å². The summed E-state index contributed by atoms with van der Waals surface area (Å²) in [7, 11) is 0. The fourth-order valence-electron chi connectivity index (χ4n) is 4.04. The molecule has 0 bridgehead atoms. The Morgan fingerprint density at radius 3 is 2.41 bits per heavy atom. The fourth-order valence-corrected chi connectivity index (χ4v) is 4.04. The first-order chi connectivity index (χ1) is 14.2. The van der Waals surface area contributed by atoms with E-state index in [-0.39, 0.29) is 5.91 Å². The Balaban J connectivity index is 1.44. The van der Waals surface area contributed by atoms with Crippen molar-refractivity contribution in [3.05, 3.63) is 89.2 Å². The second-order valence-corrected chi connectivity index (χ2v) is 7.88. The number of hydrogen-bond acceptors (Lipinski definition) is 2. The van der Waals surface area contributed by atoms with Gasteiger partial charge in [-0.15, -0.1) is 0 Å². The molecule has 0 spiro atoms. The lowest BCUT2D eigenvalue weighted by molar-refractivity contribution is 0.0950. The molecule has 0 atom stereocenters. The van der Waals surface area contributed by atoms with Gasteiger partial charge in [0.05, 0.1) is 0 Å². The molecule has 1 aliphatic heterocycles. The monoisotopic (exact) mass is 387 g/mol. The van der Waals surface area contributed by atoms with Crippen molar-refractivity contribution in [1.29, 1.82) is 0 Å². The van der Waals surface area contributed by atoms with Gasteiger partial charge >= 0.3 is 0 Å². The Hall–Kier alpha value is -2.85. The number of amides is 1. The van der Waals surface area contributed by atoms with Gasteiger partial charge in [0.2, 0.25) is 0 Å². The summed E-state index contributed by atoms with van der Waals surface area (Å²) in [4.78, 5) is 15.3. The first kappa shape index (κ1) is 19.5. The van der Waals surface area contributed by atoms with E-state index in [1.165, 1.54) is 43.5 Å². The molecule has 3 aromatic rings. The summed E-state index contributed by atoms with van der Waals surface area (Å²) in [5.74, 6) is -0.0359. The van der Waals surface area contributed by atoms with Crippen LogP contribution in [0.4, 0.5) is 0 Å². The largest absolute Gasteiger partial charge is 0.348 e. The lowest BCUT2D eigenvalue weighted by atomic mass is 10.0. The van der Waals surface area contributed by atoms with Crippen molar-refractivity contribution in [3.8, 4) is 5.69 Å². The number of hydrogen-bond donors (Lipinski definition) is 1. The number of aryl methyl sites for hydroxylation is 1. The van der Waals surface area contributed by atoms with E-state index < -0.39 is 0 Å². The van der Waals surface area contributed by atoms with E-state index in [2.05, 4.69) is 41.4 Å². The maximum Gasteiger partial charge on any atom is 0.251 e. The number of nitrogens with zero attached hydrogens (tertiary/aromatic N) is 2. The van der Waals surface area contributed by atoms with Crippen LogP contribution in [0.15, 0.2) is 67.0 Å². The van der Waals surface area contributed by atoms with E-state index in [0.717, 1.165) is 17.8 Å². The predicted molar refractivity (Wildman–Crippen MR) is 117 cm³/mol. The number of benzene rings is 2. The summed E-state index contributed by atoms with van der Waals surface area (Å²) in [6.45, 7) is 5.93. The maximum atomic E-state index is 12.8. The van der Waals surface area contributed by atoms with Crippen LogP contribution in [-0.4, -0.2) is 28.5 Å². The molecule has 4 heteroatoms. The Morgan fingerprint density at radius 2 is 1.66 bits per heavy atom. The summed E-state index contributed by atoms with van der Waals surface area (Å²) in [5, 5.41) is 3.12. The third-order valence-corrected chi connectivity index (χ3v) is 5.75. The lowest BCUT2D eigenvalue weighted by Crippen LogP contribution is -2.30. The molecule has 1 fully saturated rings. The zero-order chi connectivity index (χ0) is 20.1. The summed E-state index contributed by atoms with van der Waals surface area (Å²) in [6.07, 6.45) is 7.92. The van der Waals surface area contributed by atoms with Gasteiger partial charge in [0.25, 0.3) is 5.91 Å². The Bertz CT molecular complexity index is 956. The van der Waals surface area contributed by atoms with Crippen molar-refractivity contribution in [1.82, 2.24) is 14.8 Å². The molecule has 1 amide bonds. The molecule has 4 nitrogen and oxygen atoms in total. The van der Waals surface area contributed by atoms with Gasteiger partial charge in [-0.3, -0.25) is 9.69 Å². The van der Waals surface area contributed by atoms with Crippen LogP contribution in [0.2, 0.25) is 0 Å². The van der Waals surface area contributed by atoms with E-state index in [4.69, 9.17) is 0 Å². The van der Waals surface area contributed by atoms with Gasteiger partial charge in [-0.2, -0.15) is 0 Å². The number of piperidine rings is 1. The minimum atomic E-state index is -0.0359. The minimum absolute atomic E-state index is 0.0359. The van der Waals surface area contributed by atoms with Gasteiger partial charge in [-0.25, -0.2) is 0 Å². The molecule has 1 aliphatic rings. The molecule has 150 valence electrons. The molecule has 29 heavy (non-hydrogen) atoms. The summed E-state index contributed by atoms with van der Waals surface area (Å²) in [6, 6.07) is 18.3. The van der Waals surface area contributed by atoms with Crippen molar-refractivity contribution in [2.45, 2.75) is 39.3 Å². The summed E-state index contributed by atoms with van der Waals surface area (Å²) < 4.78 is 2.04. The minimum Gasteiger partial charge on any atom is -0.348 e. The van der Waals surface area contributed by atoms with Gasteiger partial charge < -0.3 is 9.88 Å². The highest BCUT2D eigenvalue weighted by atomic mass is 16.1. The van der Waals surface area contributed by atoms with E-state index in [1.54, 1.807) is 0 Å². The quantitative estimate of drug-likeness (QED) is 0.666. The van der Waals surface area contributed by atoms with Crippen LogP contribution in [0, 0.1) is 6.92 Å². The van der Waals surface area contributed by atoms with Crippen LogP contribution < -0.4 is 5.32 Å².